The quantitative estimate of drug-likeness (QED) is 0.589. The van der Waals surface area contributed by atoms with E-state index in [9.17, 15) is 0 Å². The number of rotatable bonds is 3. The Labute approximate surface area is 127 Å². The standard InChI is InChI=1S/C19H24N2/c1-14-6-7-15(2)18(12-14)21-20-17-10-8-16(9-11-17)13-19(3,4)5/h6-12H,13H2,1-5H3. The predicted molar refractivity (Wildman–Crippen MR) is 89.7 cm³/mol. The van der Waals surface area contributed by atoms with Crippen molar-refractivity contribution in [3.63, 3.8) is 0 Å². The van der Waals surface area contributed by atoms with Crippen LogP contribution in [0.15, 0.2) is 52.7 Å². The third-order valence-corrected chi connectivity index (χ3v) is 3.31. The molecule has 0 radical (unpaired) electrons. The predicted octanol–water partition coefficient (Wildman–Crippen LogP) is 6.31. The zero-order chi connectivity index (χ0) is 15.5. The molecule has 2 nitrogen and oxygen atoms in total. The van der Waals surface area contributed by atoms with Gasteiger partial charge in [0.2, 0.25) is 0 Å². The van der Waals surface area contributed by atoms with E-state index in [2.05, 4.69) is 75.2 Å². The molecule has 0 aromatic heterocycles. The van der Waals surface area contributed by atoms with Gasteiger partial charge < -0.3 is 0 Å². The summed E-state index contributed by atoms with van der Waals surface area (Å²) < 4.78 is 0. The second kappa shape index (κ2) is 6.21. The molecule has 0 saturated heterocycles. The number of hydrogen-bond donors (Lipinski definition) is 0. The molecule has 0 unspecified atom stereocenters. The number of azo groups is 1. The summed E-state index contributed by atoms with van der Waals surface area (Å²) in [6, 6.07) is 14.6. The molecule has 0 amide bonds. The van der Waals surface area contributed by atoms with Crippen LogP contribution in [0.1, 0.15) is 37.5 Å². The summed E-state index contributed by atoms with van der Waals surface area (Å²) in [5, 5.41) is 8.71. The van der Waals surface area contributed by atoms with E-state index < -0.39 is 0 Å². The Balaban J connectivity index is 2.13. The Kier molecular flexibility index (Phi) is 4.56. The number of benzene rings is 2. The zero-order valence-corrected chi connectivity index (χ0v) is 13.6. The molecule has 2 aromatic carbocycles. The second-order valence-electron chi connectivity index (χ2n) is 6.89. The smallest absolute Gasteiger partial charge is 0.0888 e. The van der Waals surface area contributed by atoms with Crippen LogP contribution in [-0.2, 0) is 6.42 Å². The maximum Gasteiger partial charge on any atom is 0.0888 e. The van der Waals surface area contributed by atoms with E-state index in [0.717, 1.165) is 23.4 Å². The lowest BCUT2D eigenvalue weighted by Gasteiger charge is -2.17. The van der Waals surface area contributed by atoms with Gasteiger partial charge in [0.1, 0.15) is 0 Å². The minimum Gasteiger partial charge on any atom is -0.151 e. The van der Waals surface area contributed by atoms with Crippen LogP contribution in [-0.4, -0.2) is 0 Å². The lowest BCUT2D eigenvalue weighted by atomic mass is 9.88. The van der Waals surface area contributed by atoms with Gasteiger partial charge in [-0.15, -0.1) is 0 Å². The summed E-state index contributed by atoms with van der Waals surface area (Å²) in [6.07, 6.45) is 1.07. The van der Waals surface area contributed by atoms with Crippen LogP contribution in [0.25, 0.3) is 0 Å². The maximum atomic E-state index is 4.37. The van der Waals surface area contributed by atoms with Crippen LogP contribution < -0.4 is 0 Å². The topological polar surface area (TPSA) is 24.7 Å². The van der Waals surface area contributed by atoms with Crippen molar-refractivity contribution in [1.82, 2.24) is 0 Å². The van der Waals surface area contributed by atoms with Crippen molar-refractivity contribution in [2.24, 2.45) is 15.6 Å². The number of hydrogen-bond acceptors (Lipinski definition) is 2. The van der Waals surface area contributed by atoms with Gasteiger partial charge >= 0.3 is 0 Å². The van der Waals surface area contributed by atoms with Gasteiger partial charge in [-0.3, -0.25) is 0 Å². The van der Waals surface area contributed by atoms with Gasteiger partial charge in [0.25, 0.3) is 0 Å². The van der Waals surface area contributed by atoms with Gasteiger partial charge in [0.15, 0.2) is 0 Å². The molecule has 2 aromatic rings. The molecule has 0 fully saturated rings. The Morgan fingerprint density at radius 3 is 2.14 bits per heavy atom. The summed E-state index contributed by atoms with van der Waals surface area (Å²) in [7, 11) is 0. The summed E-state index contributed by atoms with van der Waals surface area (Å²) in [4.78, 5) is 0. The van der Waals surface area contributed by atoms with Crippen LogP contribution in [0.4, 0.5) is 11.4 Å². The van der Waals surface area contributed by atoms with E-state index in [1.54, 1.807) is 0 Å². The molecule has 0 atom stereocenters. The Morgan fingerprint density at radius 2 is 1.52 bits per heavy atom. The molecule has 0 spiro atoms. The highest BCUT2D eigenvalue weighted by atomic mass is 15.1. The van der Waals surface area contributed by atoms with Crippen molar-refractivity contribution in [3.8, 4) is 0 Å². The molecule has 0 aliphatic heterocycles. The van der Waals surface area contributed by atoms with E-state index in [1.165, 1.54) is 11.1 Å². The van der Waals surface area contributed by atoms with Gasteiger partial charge in [0.05, 0.1) is 11.4 Å². The molecule has 2 heteroatoms. The second-order valence-corrected chi connectivity index (χ2v) is 6.89. The molecule has 0 heterocycles. The SMILES string of the molecule is Cc1ccc(C)c(N=Nc2ccc(CC(C)(C)C)cc2)c1. The summed E-state index contributed by atoms with van der Waals surface area (Å²) in [6.45, 7) is 10.9. The lowest BCUT2D eigenvalue weighted by Crippen LogP contribution is -2.08. The molecule has 2 rings (SSSR count). The molecule has 0 saturated carbocycles. The molecule has 0 N–H and O–H groups in total. The van der Waals surface area contributed by atoms with E-state index in [1.807, 2.05) is 12.1 Å². The van der Waals surface area contributed by atoms with Crippen molar-refractivity contribution in [3.05, 3.63) is 59.2 Å². The van der Waals surface area contributed by atoms with Crippen molar-refractivity contribution in [2.75, 3.05) is 0 Å². The Morgan fingerprint density at radius 1 is 0.857 bits per heavy atom. The normalized spacial score (nSPS) is 12.0. The molecule has 21 heavy (non-hydrogen) atoms. The monoisotopic (exact) mass is 280 g/mol. The molecule has 0 bridgehead atoms. The van der Waals surface area contributed by atoms with Crippen LogP contribution in [0.5, 0.6) is 0 Å². The fourth-order valence-corrected chi connectivity index (χ4v) is 2.23. The van der Waals surface area contributed by atoms with E-state index in [-0.39, 0.29) is 0 Å². The zero-order valence-electron chi connectivity index (χ0n) is 13.6. The Hall–Kier alpha value is -1.96. The number of aryl methyl sites for hydroxylation is 2. The summed E-state index contributed by atoms with van der Waals surface area (Å²) >= 11 is 0. The first-order valence-corrected chi connectivity index (χ1v) is 7.41. The highest BCUT2D eigenvalue weighted by Gasteiger charge is 2.10. The van der Waals surface area contributed by atoms with Gasteiger partial charge in [-0.2, -0.15) is 10.2 Å². The molecular weight excluding hydrogens is 256 g/mol. The fourth-order valence-electron chi connectivity index (χ4n) is 2.23. The first-order chi connectivity index (χ1) is 9.83. The van der Waals surface area contributed by atoms with Crippen LogP contribution in [0.3, 0.4) is 0 Å². The van der Waals surface area contributed by atoms with Crippen LogP contribution >= 0.6 is 0 Å². The van der Waals surface area contributed by atoms with E-state index in [0.29, 0.717) is 5.41 Å². The van der Waals surface area contributed by atoms with Crippen LogP contribution in [0.2, 0.25) is 0 Å². The van der Waals surface area contributed by atoms with Crippen molar-refractivity contribution in [2.45, 2.75) is 41.0 Å². The fraction of sp³-hybridized carbons (Fsp3) is 0.368. The van der Waals surface area contributed by atoms with Gasteiger partial charge in [0, 0.05) is 0 Å². The van der Waals surface area contributed by atoms with Crippen LogP contribution in [0, 0.1) is 19.3 Å². The molecule has 0 aliphatic carbocycles. The van der Waals surface area contributed by atoms with E-state index >= 15 is 0 Å². The highest BCUT2D eigenvalue weighted by molar-refractivity contribution is 5.48. The first-order valence-electron chi connectivity index (χ1n) is 7.41. The van der Waals surface area contributed by atoms with Gasteiger partial charge in [-0.1, -0.05) is 45.0 Å². The van der Waals surface area contributed by atoms with Crippen molar-refractivity contribution >= 4 is 11.4 Å². The minimum atomic E-state index is 0.307. The van der Waals surface area contributed by atoms with Gasteiger partial charge in [-0.05, 0) is 60.6 Å². The molecular formula is C19H24N2. The molecule has 110 valence electrons. The minimum absolute atomic E-state index is 0.307. The average Bonchev–Trinajstić information content (AvgIpc) is 2.40. The van der Waals surface area contributed by atoms with Crippen molar-refractivity contribution in [1.29, 1.82) is 0 Å². The summed E-state index contributed by atoms with van der Waals surface area (Å²) in [5.74, 6) is 0. The first kappa shape index (κ1) is 15.4. The lowest BCUT2D eigenvalue weighted by molar-refractivity contribution is 0.411. The van der Waals surface area contributed by atoms with Crippen molar-refractivity contribution < 1.29 is 0 Å². The number of nitrogens with zero attached hydrogens (tertiary/aromatic N) is 2. The average molecular weight is 280 g/mol. The van der Waals surface area contributed by atoms with Gasteiger partial charge in [-0.25, -0.2) is 0 Å². The summed E-state index contributed by atoms with van der Waals surface area (Å²) in [5.41, 5.74) is 5.83. The Bertz CT molecular complexity index is 632. The third kappa shape index (κ3) is 4.82. The van der Waals surface area contributed by atoms with E-state index in [4.69, 9.17) is 0 Å². The maximum absolute atomic E-state index is 4.37. The molecule has 0 aliphatic rings. The largest absolute Gasteiger partial charge is 0.151 e. The third-order valence-electron chi connectivity index (χ3n) is 3.31. The highest BCUT2D eigenvalue weighted by Crippen LogP contribution is 2.25.